The van der Waals surface area contributed by atoms with E-state index in [9.17, 15) is 14.9 Å². The lowest BCUT2D eigenvalue weighted by Crippen LogP contribution is -2.29. The minimum Gasteiger partial charge on any atom is -0.497 e. The molecule has 1 atom stereocenters. The predicted molar refractivity (Wildman–Crippen MR) is 102 cm³/mol. The SMILES string of the molecule is COc1ccc([C@H](NC(=O)c2cccc([N+](=O)[O-])c2)c2ccccc2)cc1. The van der Waals surface area contributed by atoms with Crippen LogP contribution in [0.25, 0.3) is 0 Å². The van der Waals surface area contributed by atoms with Crippen molar-refractivity contribution in [2.75, 3.05) is 7.11 Å². The van der Waals surface area contributed by atoms with Crippen molar-refractivity contribution in [2.24, 2.45) is 0 Å². The highest BCUT2D eigenvalue weighted by Gasteiger charge is 2.19. The molecule has 0 unspecified atom stereocenters. The van der Waals surface area contributed by atoms with Crippen LogP contribution in [0.2, 0.25) is 0 Å². The molecule has 0 bridgehead atoms. The molecule has 3 aromatic carbocycles. The van der Waals surface area contributed by atoms with E-state index < -0.39 is 11.0 Å². The fourth-order valence-electron chi connectivity index (χ4n) is 2.78. The molecule has 0 aliphatic heterocycles. The van der Waals surface area contributed by atoms with Crippen LogP contribution < -0.4 is 10.1 Å². The number of hydrogen-bond donors (Lipinski definition) is 1. The van der Waals surface area contributed by atoms with Crippen LogP contribution in [-0.2, 0) is 0 Å². The monoisotopic (exact) mass is 362 g/mol. The number of nitrogens with one attached hydrogen (secondary N) is 1. The van der Waals surface area contributed by atoms with Crippen LogP contribution >= 0.6 is 0 Å². The van der Waals surface area contributed by atoms with Gasteiger partial charge in [0.25, 0.3) is 11.6 Å². The van der Waals surface area contributed by atoms with E-state index in [4.69, 9.17) is 4.74 Å². The largest absolute Gasteiger partial charge is 0.497 e. The first-order valence-electron chi connectivity index (χ1n) is 8.32. The number of benzene rings is 3. The molecule has 0 aliphatic carbocycles. The van der Waals surface area contributed by atoms with E-state index in [-0.39, 0.29) is 17.2 Å². The van der Waals surface area contributed by atoms with E-state index >= 15 is 0 Å². The van der Waals surface area contributed by atoms with Crippen LogP contribution in [0.1, 0.15) is 27.5 Å². The van der Waals surface area contributed by atoms with Crippen LogP contribution in [0.5, 0.6) is 5.75 Å². The van der Waals surface area contributed by atoms with Gasteiger partial charge in [-0.2, -0.15) is 0 Å². The summed E-state index contributed by atoms with van der Waals surface area (Å²) in [6.45, 7) is 0. The lowest BCUT2D eigenvalue weighted by Gasteiger charge is -2.20. The Hall–Kier alpha value is -3.67. The van der Waals surface area contributed by atoms with Gasteiger partial charge in [-0.05, 0) is 29.3 Å². The summed E-state index contributed by atoms with van der Waals surface area (Å²) in [5.41, 5.74) is 1.89. The lowest BCUT2D eigenvalue weighted by atomic mass is 9.98. The Morgan fingerprint density at radius 2 is 1.63 bits per heavy atom. The normalized spacial score (nSPS) is 11.4. The summed E-state index contributed by atoms with van der Waals surface area (Å²) in [4.78, 5) is 23.2. The third-order valence-corrected chi connectivity index (χ3v) is 4.18. The van der Waals surface area contributed by atoms with E-state index in [1.54, 1.807) is 13.2 Å². The second-order valence-electron chi connectivity index (χ2n) is 5.90. The number of methoxy groups -OCH3 is 1. The van der Waals surface area contributed by atoms with Gasteiger partial charge in [-0.3, -0.25) is 14.9 Å². The molecule has 0 fully saturated rings. The van der Waals surface area contributed by atoms with Gasteiger partial charge in [-0.25, -0.2) is 0 Å². The summed E-state index contributed by atoms with van der Waals surface area (Å²) < 4.78 is 5.19. The molecule has 136 valence electrons. The number of nitro benzene ring substituents is 1. The molecule has 27 heavy (non-hydrogen) atoms. The number of carbonyl (C=O) groups is 1. The van der Waals surface area contributed by atoms with Gasteiger partial charge in [0.1, 0.15) is 5.75 Å². The van der Waals surface area contributed by atoms with Gasteiger partial charge in [-0.15, -0.1) is 0 Å². The molecule has 0 aromatic heterocycles. The highest BCUT2D eigenvalue weighted by atomic mass is 16.6. The number of nitrogens with zero attached hydrogens (tertiary/aromatic N) is 1. The Labute approximate surface area is 156 Å². The average Bonchev–Trinajstić information content (AvgIpc) is 2.72. The topological polar surface area (TPSA) is 81.5 Å². The highest BCUT2D eigenvalue weighted by Crippen LogP contribution is 2.25. The van der Waals surface area contributed by atoms with Gasteiger partial charge >= 0.3 is 0 Å². The van der Waals surface area contributed by atoms with Gasteiger partial charge in [-0.1, -0.05) is 48.5 Å². The second-order valence-corrected chi connectivity index (χ2v) is 5.90. The second kappa shape index (κ2) is 8.14. The van der Waals surface area contributed by atoms with Gasteiger partial charge in [0.2, 0.25) is 0 Å². The van der Waals surface area contributed by atoms with Crippen molar-refractivity contribution in [3.05, 3.63) is 106 Å². The molecular weight excluding hydrogens is 344 g/mol. The summed E-state index contributed by atoms with van der Waals surface area (Å²) in [6, 6.07) is 22.2. The van der Waals surface area contributed by atoms with Gasteiger partial charge < -0.3 is 10.1 Å². The van der Waals surface area contributed by atoms with Crippen molar-refractivity contribution >= 4 is 11.6 Å². The van der Waals surface area contributed by atoms with E-state index in [1.807, 2.05) is 54.6 Å². The van der Waals surface area contributed by atoms with Crippen LogP contribution in [-0.4, -0.2) is 17.9 Å². The molecule has 1 N–H and O–H groups in total. The molecule has 3 aromatic rings. The van der Waals surface area contributed by atoms with E-state index in [2.05, 4.69) is 5.32 Å². The Kier molecular flexibility index (Phi) is 5.47. The number of non-ortho nitro benzene ring substituents is 1. The number of ether oxygens (including phenoxy) is 1. The number of hydrogen-bond acceptors (Lipinski definition) is 4. The summed E-state index contributed by atoms with van der Waals surface area (Å²) >= 11 is 0. The van der Waals surface area contributed by atoms with Crippen molar-refractivity contribution in [1.29, 1.82) is 0 Å². The molecule has 0 aliphatic rings. The molecule has 6 heteroatoms. The van der Waals surface area contributed by atoms with E-state index in [0.29, 0.717) is 0 Å². The smallest absolute Gasteiger partial charge is 0.270 e. The van der Waals surface area contributed by atoms with Crippen LogP contribution in [0, 0.1) is 10.1 Å². The molecule has 0 heterocycles. The fourth-order valence-corrected chi connectivity index (χ4v) is 2.78. The fraction of sp³-hybridized carbons (Fsp3) is 0.0952. The number of nitro groups is 1. The molecule has 0 spiro atoms. The molecule has 6 nitrogen and oxygen atoms in total. The molecule has 0 saturated heterocycles. The first-order chi connectivity index (χ1) is 13.1. The molecule has 0 saturated carbocycles. The average molecular weight is 362 g/mol. The zero-order valence-corrected chi connectivity index (χ0v) is 14.7. The van der Waals surface area contributed by atoms with E-state index in [0.717, 1.165) is 16.9 Å². The maximum Gasteiger partial charge on any atom is 0.270 e. The van der Waals surface area contributed by atoms with Crippen LogP contribution in [0.15, 0.2) is 78.9 Å². The van der Waals surface area contributed by atoms with Crippen molar-refractivity contribution in [2.45, 2.75) is 6.04 Å². The lowest BCUT2D eigenvalue weighted by molar-refractivity contribution is -0.384. The minimum atomic E-state index is -0.519. The molecular formula is C21H18N2O4. The third kappa shape index (κ3) is 4.30. The van der Waals surface area contributed by atoms with Gasteiger partial charge in [0.15, 0.2) is 0 Å². The van der Waals surface area contributed by atoms with Crippen molar-refractivity contribution < 1.29 is 14.5 Å². The summed E-state index contributed by atoms with van der Waals surface area (Å²) in [6.07, 6.45) is 0. The van der Waals surface area contributed by atoms with Crippen molar-refractivity contribution in [3.63, 3.8) is 0 Å². The molecule has 3 rings (SSSR count). The minimum absolute atomic E-state index is 0.122. The zero-order valence-electron chi connectivity index (χ0n) is 14.7. The molecule has 0 radical (unpaired) electrons. The standard InChI is InChI=1S/C21H18N2O4/c1-27-19-12-10-16(11-13-19)20(15-6-3-2-4-7-15)22-21(24)17-8-5-9-18(14-17)23(25)26/h2-14,20H,1H3,(H,22,24)/t20-/m1/s1. The van der Waals surface area contributed by atoms with Crippen molar-refractivity contribution in [3.8, 4) is 5.75 Å². The maximum atomic E-state index is 12.7. The van der Waals surface area contributed by atoms with Crippen LogP contribution in [0.3, 0.4) is 0 Å². The first kappa shape index (κ1) is 18.1. The van der Waals surface area contributed by atoms with Gasteiger partial charge in [0.05, 0.1) is 18.1 Å². The highest BCUT2D eigenvalue weighted by molar-refractivity contribution is 5.95. The Morgan fingerprint density at radius 1 is 0.963 bits per heavy atom. The zero-order chi connectivity index (χ0) is 19.2. The quantitative estimate of drug-likeness (QED) is 0.528. The summed E-state index contributed by atoms with van der Waals surface area (Å²) in [7, 11) is 1.59. The Balaban J connectivity index is 1.92. The first-order valence-corrected chi connectivity index (χ1v) is 8.32. The number of amides is 1. The summed E-state index contributed by atoms with van der Waals surface area (Å²) in [5, 5.41) is 13.9. The Morgan fingerprint density at radius 3 is 2.26 bits per heavy atom. The predicted octanol–water partition coefficient (Wildman–Crippen LogP) is 4.12. The van der Waals surface area contributed by atoms with Gasteiger partial charge in [0, 0.05) is 17.7 Å². The molecule has 1 amide bonds. The van der Waals surface area contributed by atoms with Crippen molar-refractivity contribution in [1.82, 2.24) is 5.32 Å². The van der Waals surface area contributed by atoms with E-state index in [1.165, 1.54) is 18.2 Å². The van der Waals surface area contributed by atoms with Crippen LogP contribution in [0.4, 0.5) is 5.69 Å². The Bertz CT molecular complexity index is 940. The third-order valence-electron chi connectivity index (χ3n) is 4.18. The summed E-state index contributed by atoms with van der Waals surface area (Å²) in [5.74, 6) is 0.332. The number of rotatable bonds is 6. The number of carbonyl (C=O) groups excluding carboxylic acids is 1. The maximum absolute atomic E-state index is 12.7.